The first-order valence-corrected chi connectivity index (χ1v) is 8.74. The maximum atomic E-state index is 2.24. The molecule has 0 saturated heterocycles. The highest BCUT2D eigenvalue weighted by atomic mass is 32.1. The second-order valence-corrected chi connectivity index (χ2v) is 5.97. The number of hydrogen-bond donors (Lipinski definition) is 0. The Bertz CT molecular complexity index is 769. The molecule has 0 unspecified atom stereocenters. The molecule has 0 saturated carbocycles. The van der Waals surface area contributed by atoms with Crippen molar-refractivity contribution in [2.24, 2.45) is 0 Å². The predicted molar refractivity (Wildman–Crippen MR) is 120 cm³/mol. The van der Waals surface area contributed by atoms with Crippen LogP contribution in [-0.2, 0) is 0 Å². The summed E-state index contributed by atoms with van der Waals surface area (Å²) in [5, 5.41) is 4.48. The van der Waals surface area contributed by atoms with Crippen LogP contribution in [0.5, 0.6) is 0 Å². The molecule has 4 aromatic carbocycles. The third-order valence-corrected chi connectivity index (χ3v) is 4.20. The summed E-state index contributed by atoms with van der Waals surface area (Å²) in [6.07, 6.45) is 0. The van der Waals surface area contributed by atoms with Gasteiger partial charge in [0.25, 0.3) is 0 Å². The number of nitrogens with zero attached hydrogens (tertiary/aromatic N) is 2. The fourth-order valence-electron chi connectivity index (χ4n) is 3.04. The number of hydrazine groups is 1. The van der Waals surface area contributed by atoms with Crippen LogP contribution < -0.4 is 10.0 Å². The first-order valence-electron chi connectivity index (χ1n) is 8.74. The minimum absolute atomic E-state index is 0. The number of rotatable bonds is 5. The molecule has 4 aromatic rings. The van der Waals surface area contributed by atoms with E-state index in [1.165, 1.54) is 0 Å². The molecule has 0 N–H and O–H groups in total. The van der Waals surface area contributed by atoms with Crippen molar-refractivity contribution < 1.29 is 0 Å². The fraction of sp³-hybridized carbons (Fsp3) is 0. The van der Waals surface area contributed by atoms with Crippen molar-refractivity contribution in [3.8, 4) is 0 Å². The molecule has 0 aromatic heterocycles. The van der Waals surface area contributed by atoms with E-state index in [1.807, 2.05) is 24.3 Å². The minimum atomic E-state index is 0. The molecule has 0 amide bonds. The second-order valence-electron chi connectivity index (χ2n) is 5.97. The molecule has 0 radical (unpaired) electrons. The SMILES string of the molecule is S.c1ccc(N(c2ccccc2)N(c2ccccc2)c2ccccc2)cc1. The van der Waals surface area contributed by atoms with Crippen LogP contribution in [0, 0.1) is 0 Å². The third kappa shape index (κ3) is 4.15. The van der Waals surface area contributed by atoms with Crippen LogP contribution >= 0.6 is 13.5 Å². The van der Waals surface area contributed by atoms with Crippen LogP contribution in [0.1, 0.15) is 0 Å². The van der Waals surface area contributed by atoms with Crippen molar-refractivity contribution in [1.29, 1.82) is 0 Å². The molecule has 0 fully saturated rings. The van der Waals surface area contributed by atoms with Crippen molar-refractivity contribution in [2.45, 2.75) is 0 Å². The highest BCUT2D eigenvalue weighted by molar-refractivity contribution is 7.59. The second kappa shape index (κ2) is 8.97. The molecule has 27 heavy (non-hydrogen) atoms. The van der Waals surface area contributed by atoms with E-state index in [0.29, 0.717) is 0 Å². The van der Waals surface area contributed by atoms with Crippen molar-refractivity contribution >= 4 is 36.2 Å². The Labute approximate surface area is 167 Å². The zero-order valence-electron chi connectivity index (χ0n) is 14.9. The lowest BCUT2D eigenvalue weighted by molar-refractivity contribution is 0.990. The van der Waals surface area contributed by atoms with E-state index in [0.717, 1.165) is 22.7 Å². The highest BCUT2D eigenvalue weighted by Crippen LogP contribution is 2.35. The van der Waals surface area contributed by atoms with Crippen molar-refractivity contribution in [3.05, 3.63) is 121 Å². The van der Waals surface area contributed by atoms with Gasteiger partial charge in [-0.1, -0.05) is 72.8 Å². The van der Waals surface area contributed by atoms with Gasteiger partial charge in [0.1, 0.15) is 0 Å². The van der Waals surface area contributed by atoms with Gasteiger partial charge in [0.05, 0.1) is 22.7 Å². The van der Waals surface area contributed by atoms with Gasteiger partial charge in [-0.05, 0) is 48.5 Å². The van der Waals surface area contributed by atoms with Crippen LogP contribution in [0.25, 0.3) is 0 Å². The Kier molecular flexibility index (Phi) is 6.18. The van der Waals surface area contributed by atoms with E-state index in [4.69, 9.17) is 0 Å². The highest BCUT2D eigenvalue weighted by Gasteiger charge is 2.20. The van der Waals surface area contributed by atoms with Gasteiger partial charge in [-0.15, -0.1) is 0 Å². The van der Waals surface area contributed by atoms with Crippen molar-refractivity contribution in [3.63, 3.8) is 0 Å². The lowest BCUT2D eigenvalue weighted by atomic mass is 10.2. The maximum Gasteiger partial charge on any atom is 0.0636 e. The average molecular weight is 371 g/mol. The summed E-state index contributed by atoms with van der Waals surface area (Å²) in [7, 11) is 0. The van der Waals surface area contributed by atoms with E-state index in [1.54, 1.807) is 0 Å². The van der Waals surface area contributed by atoms with Gasteiger partial charge in [-0.25, -0.2) is 10.0 Å². The summed E-state index contributed by atoms with van der Waals surface area (Å²) in [6, 6.07) is 41.8. The smallest absolute Gasteiger partial charge is 0.0636 e. The van der Waals surface area contributed by atoms with E-state index >= 15 is 0 Å². The van der Waals surface area contributed by atoms with E-state index in [2.05, 4.69) is 107 Å². The lowest BCUT2D eigenvalue weighted by Crippen LogP contribution is -2.35. The molecule has 3 heteroatoms. The summed E-state index contributed by atoms with van der Waals surface area (Å²) in [6.45, 7) is 0. The largest absolute Gasteiger partial charge is 0.249 e. The van der Waals surface area contributed by atoms with Gasteiger partial charge >= 0.3 is 0 Å². The van der Waals surface area contributed by atoms with Gasteiger partial charge in [0, 0.05) is 0 Å². The quantitative estimate of drug-likeness (QED) is 0.361. The molecule has 0 aliphatic heterocycles. The minimum Gasteiger partial charge on any atom is -0.249 e. The lowest BCUT2D eigenvalue weighted by Gasteiger charge is -2.38. The summed E-state index contributed by atoms with van der Waals surface area (Å²) in [5.74, 6) is 0. The molecule has 134 valence electrons. The Morgan fingerprint density at radius 1 is 0.296 bits per heavy atom. The molecular weight excluding hydrogens is 348 g/mol. The molecule has 0 atom stereocenters. The topological polar surface area (TPSA) is 6.48 Å². The van der Waals surface area contributed by atoms with Gasteiger partial charge in [0.15, 0.2) is 0 Å². The third-order valence-electron chi connectivity index (χ3n) is 4.20. The van der Waals surface area contributed by atoms with Crippen LogP contribution in [0.3, 0.4) is 0 Å². The van der Waals surface area contributed by atoms with E-state index in [9.17, 15) is 0 Å². The van der Waals surface area contributed by atoms with Crippen molar-refractivity contribution in [1.82, 2.24) is 0 Å². The Balaban J connectivity index is 0.00000210. The molecule has 0 aliphatic carbocycles. The van der Waals surface area contributed by atoms with Crippen LogP contribution in [0.2, 0.25) is 0 Å². The van der Waals surface area contributed by atoms with Crippen LogP contribution in [-0.4, -0.2) is 0 Å². The number of para-hydroxylation sites is 4. The summed E-state index contributed by atoms with van der Waals surface area (Å²) in [5.41, 5.74) is 4.41. The average Bonchev–Trinajstić information content (AvgIpc) is 2.74. The molecular formula is C24H22N2S. The maximum absolute atomic E-state index is 2.24. The molecule has 4 rings (SSSR count). The molecule has 0 aliphatic rings. The molecule has 2 nitrogen and oxygen atoms in total. The Morgan fingerprint density at radius 3 is 0.667 bits per heavy atom. The first-order chi connectivity index (χ1) is 12.9. The molecule has 0 spiro atoms. The molecule has 0 heterocycles. The Morgan fingerprint density at radius 2 is 0.481 bits per heavy atom. The van der Waals surface area contributed by atoms with Gasteiger partial charge in [0.2, 0.25) is 0 Å². The summed E-state index contributed by atoms with van der Waals surface area (Å²) < 4.78 is 0. The van der Waals surface area contributed by atoms with Gasteiger partial charge in [-0.3, -0.25) is 0 Å². The first kappa shape index (κ1) is 18.6. The van der Waals surface area contributed by atoms with Crippen molar-refractivity contribution in [2.75, 3.05) is 10.0 Å². The standard InChI is InChI=1S/C24H20N2.H2S/c1-5-13-21(14-6-1)25(22-15-7-2-8-16-22)26(23-17-9-3-10-18-23)24-19-11-4-12-20-24;/h1-20H;1H2. The van der Waals surface area contributed by atoms with E-state index in [-0.39, 0.29) is 13.5 Å². The van der Waals surface area contributed by atoms with Gasteiger partial charge in [-0.2, -0.15) is 13.5 Å². The zero-order chi connectivity index (χ0) is 17.6. The fourth-order valence-corrected chi connectivity index (χ4v) is 3.04. The van der Waals surface area contributed by atoms with E-state index < -0.39 is 0 Å². The normalized spacial score (nSPS) is 9.93. The zero-order valence-corrected chi connectivity index (χ0v) is 15.9. The number of anilines is 4. The summed E-state index contributed by atoms with van der Waals surface area (Å²) >= 11 is 0. The van der Waals surface area contributed by atoms with Crippen LogP contribution in [0.4, 0.5) is 22.7 Å². The monoisotopic (exact) mass is 370 g/mol. The predicted octanol–water partition coefficient (Wildman–Crippen LogP) is 6.69. The van der Waals surface area contributed by atoms with Gasteiger partial charge < -0.3 is 0 Å². The summed E-state index contributed by atoms with van der Waals surface area (Å²) in [4.78, 5) is 0. The molecule has 0 bridgehead atoms. The Hall–Kier alpha value is -3.17. The van der Waals surface area contributed by atoms with Crippen LogP contribution in [0.15, 0.2) is 121 Å². The number of benzene rings is 4. The number of hydrogen-bond acceptors (Lipinski definition) is 2.